The van der Waals surface area contributed by atoms with Crippen LogP contribution < -0.4 is 5.32 Å². The minimum absolute atomic E-state index is 0.127. The number of benzene rings is 1. The van der Waals surface area contributed by atoms with Crippen molar-refractivity contribution in [3.63, 3.8) is 0 Å². The molecule has 2 aromatic rings. The molecule has 1 fully saturated rings. The fourth-order valence-electron chi connectivity index (χ4n) is 2.94. The van der Waals surface area contributed by atoms with Gasteiger partial charge in [0.2, 0.25) is 0 Å². The summed E-state index contributed by atoms with van der Waals surface area (Å²) in [6.45, 7) is 4.82. The molecule has 1 unspecified atom stereocenters. The van der Waals surface area contributed by atoms with Crippen molar-refractivity contribution >= 4 is 5.91 Å². The molecule has 0 saturated carbocycles. The Hall–Kier alpha value is -2.14. The van der Waals surface area contributed by atoms with Gasteiger partial charge in [0.15, 0.2) is 0 Å². The highest BCUT2D eigenvalue weighted by molar-refractivity contribution is 5.94. The molecule has 1 amide bonds. The minimum Gasteiger partial charge on any atom is -0.334 e. The Bertz CT molecular complexity index is 600. The molecule has 3 rings (SSSR count). The molecule has 1 saturated heterocycles. The van der Waals surface area contributed by atoms with Crippen LogP contribution in [0.2, 0.25) is 0 Å². The second-order valence-electron chi connectivity index (χ2n) is 5.64. The molecule has 0 radical (unpaired) electrons. The average molecular weight is 298 g/mol. The van der Waals surface area contributed by atoms with E-state index in [-0.39, 0.29) is 5.91 Å². The maximum Gasteiger partial charge on any atom is 0.254 e. The SMILES string of the molecule is CCCN(C(=O)c1ccc(-n2cccn2)cc1)C1CCNC1. The summed E-state index contributed by atoms with van der Waals surface area (Å²) in [5.41, 5.74) is 1.71. The van der Waals surface area contributed by atoms with Crippen molar-refractivity contribution in [2.45, 2.75) is 25.8 Å². The van der Waals surface area contributed by atoms with Crippen molar-refractivity contribution in [1.82, 2.24) is 20.0 Å². The summed E-state index contributed by atoms with van der Waals surface area (Å²) in [7, 11) is 0. The lowest BCUT2D eigenvalue weighted by molar-refractivity contribution is 0.0692. The lowest BCUT2D eigenvalue weighted by Gasteiger charge is -2.28. The van der Waals surface area contributed by atoms with Crippen LogP contribution >= 0.6 is 0 Å². The number of rotatable bonds is 5. The topological polar surface area (TPSA) is 50.2 Å². The van der Waals surface area contributed by atoms with Gasteiger partial charge in [-0.3, -0.25) is 4.79 Å². The molecule has 1 atom stereocenters. The zero-order valence-corrected chi connectivity index (χ0v) is 12.9. The highest BCUT2D eigenvalue weighted by atomic mass is 16.2. The van der Waals surface area contributed by atoms with E-state index < -0.39 is 0 Å². The van der Waals surface area contributed by atoms with Gasteiger partial charge >= 0.3 is 0 Å². The standard InChI is InChI=1S/C17H22N4O/c1-2-11-20(16-8-10-18-13-16)17(22)14-4-6-15(7-5-14)21-12-3-9-19-21/h3-7,9,12,16,18H,2,8,10-11,13H2,1H3. The third-order valence-corrected chi connectivity index (χ3v) is 4.08. The van der Waals surface area contributed by atoms with Crippen LogP contribution in [0.1, 0.15) is 30.1 Å². The molecule has 0 spiro atoms. The van der Waals surface area contributed by atoms with Gasteiger partial charge in [0.25, 0.3) is 5.91 Å². The molecule has 0 bridgehead atoms. The first-order valence-corrected chi connectivity index (χ1v) is 7.91. The van der Waals surface area contributed by atoms with E-state index in [0.717, 1.165) is 43.7 Å². The third-order valence-electron chi connectivity index (χ3n) is 4.08. The second kappa shape index (κ2) is 6.75. The van der Waals surface area contributed by atoms with E-state index in [4.69, 9.17) is 0 Å². The van der Waals surface area contributed by atoms with E-state index in [1.807, 2.05) is 41.4 Å². The van der Waals surface area contributed by atoms with E-state index in [2.05, 4.69) is 17.3 Å². The molecular formula is C17H22N4O. The number of hydrogen-bond acceptors (Lipinski definition) is 3. The smallest absolute Gasteiger partial charge is 0.254 e. The maximum atomic E-state index is 12.8. The van der Waals surface area contributed by atoms with Crippen LogP contribution in [0.4, 0.5) is 0 Å². The Balaban J connectivity index is 1.77. The van der Waals surface area contributed by atoms with Gasteiger partial charge in [-0.15, -0.1) is 0 Å². The fourth-order valence-corrected chi connectivity index (χ4v) is 2.94. The molecule has 1 aromatic carbocycles. The molecule has 1 aliphatic rings. The summed E-state index contributed by atoms with van der Waals surface area (Å²) in [6, 6.07) is 9.87. The number of nitrogens with zero attached hydrogens (tertiary/aromatic N) is 3. The van der Waals surface area contributed by atoms with Crippen molar-refractivity contribution < 1.29 is 4.79 Å². The highest BCUT2D eigenvalue weighted by Crippen LogP contribution is 2.16. The van der Waals surface area contributed by atoms with Gasteiger partial charge in [-0.25, -0.2) is 4.68 Å². The van der Waals surface area contributed by atoms with Crippen LogP contribution in [0.25, 0.3) is 5.69 Å². The molecule has 2 heterocycles. The predicted molar refractivity (Wildman–Crippen MR) is 86.2 cm³/mol. The Labute approximate surface area is 130 Å². The van der Waals surface area contributed by atoms with E-state index in [1.54, 1.807) is 10.9 Å². The lowest BCUT2D eigenvalue weighted by Crippen LogP contribution is -2.42. The largest absolute Gasteiger partial charge is 0.334 e. The molecule has 1 aromatic heterocycles. The first-order chi connectivity index (χ1) is 10.8. The van der Waals surface area contributed by atoms with Gasteiger partial charge in [0.05, 0.1) is 5.69 Å². The van der Waals surface area contributed by atoms with E-state index in [1.165, 1.54) is 0 Å². The summed E-state index contributed by atoms with van der Waals surface area (Å²) < 4.78 is 1.79. The van der Waals surface area contributed by atoms with Crippen LogP contribution in [0.3, 0.4) is 0 Å². The number of hydrogen-bond donors (Lipinski definition) is 1. The maximum absolute atomic E-state index is 12.8. The van der Waals surface area contributed by atoms with Gasteiger partial charge in [0.1, 0.15) is 0 Å². The summed E-state index contributed by atoms with van der Waals surface area (Å²) in [5.74, 6) is 0.127. The van der Waals surface area contributed by atoms with E-state index >= 15 is 0 Å². The van der Waals surface area contributed by atoms with Gasteiger partial charge in [-0.2, -0.15) is 5.10 Å². The van der Waals surface area contributed by atoms with Crippen LogP contribution in [-0.4, -0.2) is 46.3 Å². The van der Waals surface area contributed by atoms with Gasteiger partial charge < -0.3 is 10.2 Å². The molecule has 22 heavy (non-hydrogen) atoms. The average Bonchev–Trinajstić information content (AvgIpc) is 3.25. The van der Waals surface area contributed by atoms with Gasteiger partial charge in [0, 0.05) is 37.1 Å². The first kappa shape index (κ1) is 14.8. The molecule has 116 valence electrons. The van der Waals surface area contributed by atoms with Crippen LogP contribution in [0.15, 0.2) is 42.7 Å². The quantitative estimate of drug-likeness (QED) is 0.919. The molecule has 0 aliphatic carbocycles. The zero-order chi connectivity index (χ0) is 15.4. The van der Waals surface area contributed by atoms with Crippen molar-refractivity contribution in [1.29, 1.82) is 0 Å². The number of aromatic nitrogens is 2. The van der Waals surface area contributed by atoms with Crippen LogP contribution in [0, 0.1) is 0 Å². The summed E-state index contributed by atoms with van der Waals surface area (Å²) >= 11 is 0. The van der Waals surface area contributed by atoms with Crippen LogP contribution in [0.5, 0.6) is 0 Å². The van der Waals surface area contributed by atoms with Gasteiger partial charge in [-0.05, 0) is 49.7 Å². The summed E-state index contributed by atoms with van der Waals surface area (Å²) in [6.07, 6.45) is 5.66. The Morgan fingerprint density at radius 2 is 2.23 bits per heavy atom. The Kier molecular flexibility index (Phi) is 4.53. The number of carbonyl (C=O) groups excluding carboxylic acids is 1. The highest BCUT2D eigenvalue weighted by Gasteiger charge is 2.26. The number of nitrogens with one attached hydrogen (secondary N) is 1. The third kappa shape index (κ3) is 3.04. The van der Waals surface area contributed by atoms with Crippen molar-refractivity contribution in [2.24, 2.45) is 0 Å². The normalized spacial score (nSPS) is 17.6. The van der Waals surface area contributed by atoms with E-state index in [0.29, 0.717) is 6.04 Å². The predicted octanol–water partition coefficient (Wildman–Crippen LogP) is 2.09. The van der Waals surface area contributed by atoms with Crippen molar-refractivity contribution in [3.05, 3.63) is 48.3 Å². The van der Waals surface area contributed by atoms with E-state index in [9.17, 15) is 4.79 Å². The molecule has 1 aliphatic heterocycles. The fraction of sp³-hybridized carbons (Fsp3) is 0.412. The van der Waals surface area contributed by atoms with Gasteiger partial charge in [-0.1, -0.05) is 6.92 Å². The number of carbonyl (C=O) groups is 1. The number of amides is 1. The Morgan fingerprint density at radius 3 is 2.82 bits per heavy atom. The molecule has 5 nitrogen and oxygen atoms in total. The van der Waals surface area contributed by atoms with Crippen LogP contribution in [-0.2, 0) is 0 Å². The molecular weight excluding hydrogens is 276 g/mol. The zero-order valence-electron chi connectivity index (χ0n) is 12.9. The lowest BCUT2D eigenvalue weighted by atomic mass is 10.1. The summed E-state index contributed by atoms with van der Waals surface area (Å²) in [4.78, 5) is 14.8. The Morgan fingerprint density at radius 1 is 1.41 bits per heavy atom. The molecule has 5 heteroatoms. The van der Waals surface area contributed by atoms with Crippen molar-refractivity contribution in [3.8, 4) is 5.69 Å². The summed E-state index contributed by atoms with van der Waals surface area (Å²) in [5, 5.41) is 7.54. The minimum atomic E-state index is 0.127. The molecule has 1 N–H and O–H groups in total. The first-order valence-electron chi connectivity index (χ1n) is 7.91. The monoisotopic (exact) mass is 298 g/mol. The van der Waals surface area contributed by atoms with Crippen molar-refractivity contribution in [2.75, 3.05) is 19.6 Å². The second-order valence-corrected chi connectivity index (χ2v) is 5.64.